The van der Waals surface area contributed by atoms with Gasteiger partial charge in [0.2, 0.25) is 0 Å². The Balaban J connectivity index is 0. The predicted molar refractivity (Wildman–Crippen MR) is 94.2 cm³/mol. The normalized spacial score (nSPS) is 11.7. The van der Waals surface area contributed by atoms with Gasteiger partial charge < -0.3 is 14.2 Å². The van der Waals surface area contributed by atoms with Gasteiger partial charge in [-0.05, 0) is 20.8 Å². The van der Waals surface area contributed by atoms with Crippen molar-refractivity contribution >= 4 is 57.6 Å². The summed E-state index contributed by atoms with van der Waals surface area (Å²) in [6, 6.07) is 0. The van der Waals surface area contributed by atoms with E-state index in [1.807, 2.05) is 0 Å². The van der Waals surface area contributed by atoms with Crippen molar-refractivity contribution < 1.29 is 41.6 Å². The van der Waals surface area contributed by atoms with Crippen molar-refractivity contribution in [2.24, 2.45) is 5.92 Å². The number of carbonyl (C=O) groups is 3. The Morgan fingerprint density at radius 2 is 1.31 bits per heavy atom. The van der Waals surface area contributed by atoms with Gasteiger partial charge >= 0.3 is 47.5 Å². The van der Waals surface area contributed by atoms with E-state index < -0.39 is 59.0 Å². The first-order valence-electron chi connectivity index (χ1n) is 7.14. The van der Waals surface area contributed by atoms with Gasteiger partial charge in [-0.3, -0.25) is 9.35 Å². The summed E-state index contributed by atoms with van der Waals surface area (Å²) in [5.41, 5.74) is 0.206. The van der Waals surface area contributed by atoms with E-state index in [0.29, 0.717) is 0 Å². The van der Waals surface area contributed by atoms with Crippen LogP contribution in [0.2, 0.25) is 0 Å². The third-order valence-corrected chi connectivity index (χ3v) is 3.98. The molecule has 9 nitrogen and oxygen atoms in total. The molecule has 0 rings (SSSR count). The fraction of sp³-hybridized carbons (Fsp3) is 0.533. The van der Waals surface area contributed by atoms with Crippen LogP contribution in [-0.4, -0.2) is 85.5 Å². The van der Waals surface area contributed by atoms with E-state index >= 15 is 0 Å². The monoisotopic (exact) mass is 402 g/mol. The molecule has 0 spiro atoms. The average Bonchev–Trinajstić information content (AvgIpc) is 2.50. The quantitative estimate of drug-likeness (QED) is 0.176. The van der Waals surface area contributed by atoms with Crippen molar-refractivity contribution in [2.45, 2.75) is 26.0 Å². The van der Waals surface area contributed by atoms with Crippen molar-refractivity contribution in [3.05, 3.63) is 24.3 Å². The number of hydrogen-bond acceptors (Lipinski definition) is 8. The molecule has 0 aliphatic carbocycles. The zero-order chi connectivity index (χ0) is 19.8. The molecule has 0 fully saturated rings. The summed E-state index contributed by atoms with van der Waals surface area (Å²) in [6.45, 7) is 9.17. The topological polar surface area (TPSA) is 133 Å². The average molecular weight is 402 g/mol. The zero-order valence-corrected chi connectivity index (χ0v) is 15.1. The number of esters is 3. The number of rotatable bonds is 10. The molecule has 0 heterocycles. The van der Waals surface area contributed by atoms with Crippen LogP contribution in [0, 0.1) is 5.92 Å². The van der Waals surface area contributed by atoms with Crippen LogP contribution in [0.15, 0.2) is 24.3 Å². The Hall–Kier alpha value is -1.20. The fourth-order valence-corrected chi connectivity index (χ4v) is 1.43. The van der Waals surface area contributed by atoms with Crippen LogP contribution in [0.4, 0.5) is 0 Å². The predicted octanol–water partition coefficient (Wildman–Crippen LogP) is 0.0122. The van der Waals surface area contributed by atoms with Gasteiger partial charge in [0.05, 0.1) is 0 Å². The van der Waals surface area contributed by atoms with Gasteiger partial charge in [0.1, 0.15) is 31.0 Å². The molecule has 0 amide bonds. The molecule has 0 saturated carbocycles. The Bertz CT molecular complexity index is 624. The second-order valence-electron chi connectivity index (χ2n) is 5.41. The molecular formula is C15H23NaO9S. The van der Waals surface area contributed by atoms with Gasteiger partial charge in [-0.15, -0.1) is 0 Å². The van der Waals surface area contributed by atoms with Crippen LogP contribution in [0.3, 0.4) is 0 Å². The Labute approximate surface area is 174 Å². The molecule has 0 aromatic rings. The van der Waals surface area contributed by atoms with Crippen molar-refractivity contribution in [3.8, 4) is 0 Å². The summed E-state index contributed by atoms with van der Waals surface area (Å²) < 4.78 is 45.1. The molecule has 0 saturated heterocycles. The summed E-state index contributed by atoms with van der Waals surface area (Å²) >= 11 is 0. The first-order chi connectivity index (χ1) is 11.4. The van der Waals surface area contributed by atoms with E-state index in [1.165, 1.54) is 13.8 Å². The zero-order valence-electron chi connectivity index (χ0n) is 14.3. The van der Waals surface area contributed by atoms with Crippen LogP contribution in [0.5, 0.6) is 0 Å². The van der Waals surface area contributed by atoms with Crippen LogP contribution < -0.4 is 0 Å². The number of ether oxygens (including phenoxy) is 3. The summed E-state index contributed by atoms with van der Waals surface area (Å²) in [5.74, 6) is -3.65. The number of carbonyl (C=O) groups excluding carboxylic acids is 3. The number of hydrogen-bond donors (Lipinski definition) is 1. The van der Waals surface area contributed by atoms with E-state index in [4.69, 9.17) is 18.8 Å². The van der Waals surface area contributed by atoms with Crippen molar-refractivity contribution in [2.75, 3.05) is 19.8 Å². The van der Waals surface area contributed by atoms with Crippen LogP contribution >= 0.6 is 0 Å². The Morgan fingerprint density at radius 3 is 1.62 bits per heavy atom. The molecule has 26 heavy (non-hydrogen) atoms. The first-order valence-corrected chi connectivity index (χ1v) is 8.64. The van der Waals surface area contributed by atoms with Gasteiger partial charge in [-0.25, -0.2) is 9.59 Å². The molecule has 0 bridgehead atoms. The van der Waals surface area contributed by atoms with Crippen LogP contribution in [-0.2, 0) is 38.7 Å². The standard InChI is InChI=1S/C15H22O9S.Na.H/c1-9(2)13(16)23-7-12(8-24-14(17)10(3)4)15(18)22-6-11(5)25(19,20)21;;/h11-12H,1,3,6-8H2,2,4-5H3,(H,19,20,21);;. The Kier molecular flexibility index (Phi) is 12.7. The molecular weight excluding hydrogens is 379 g/mol. The molecule has 1 N–H and O–H groups in total. The molecule has 0 aliphatic heterocycles. The molecule has 0 aromatic carbocycles. The summed E-state index contributed by atoms with van der Waals surface area (Å²) in [5, 5.41) is -1.34. The van der Waals surface area contributed by atoms with Crippen LogP contribution in [0.25, 0.3) is 0 Å². The van der Waals surface area contributed by atoms with E-state index in [0.717, 1.165) is 6.92 Å². The maximum absolute atomic E-state index is 12.0. The molecule has 1 unspecified atom stereocenters. The second kappa shape index (κ2) is 12.2. The molecule has 11 heteroatoms. The van der Waals surface area contributed by atoms with Gasteiger partial charge in [0.15, 0.2) is 0 Å². The SMILES string of the molecule is C=C(C)C(=O)OCC(COC(=O)C(=C)C)C(=O)OCC(C)S(=O)(=O)O.[NaH]. The molecule has 0 radical (unpaired) electrons. The fourth-order valence-electron chi connectivity index (χ4n) is 1.19. The van der Waals surface area contributed by atoms with Crippen molar-refractivity contribution in [1.82, 2.24) is 0 Å². The van der Waals surface area contributed by atoms with Gasteiger partial charge in [0.25, 0.3) is 10.1 Å². The second-order valence-corrected chi connectivity index (χ2v) is 7.24. The van der Waals surface area contributed by atoms with Crippen molar-refractivity contribution in [1.29, 1.82) is 0 Å². The van der Waals surface area contributed by atoms with Crippen molar-refractivity contribution in [3.63, 3.8) is 0 Å². The van der Waals surface area contributed by atoms with E-state index in [-0.39, 0.29) is 40.7 Å². The van der Waals surface area contributed by atoms with E-state index in [2.05, 4.69) is 13.2 Å². The third-order valence-electron chi connectivity index (χ3n) is 2.83. The Morgan fingerprint density at radius 1 is 0.923 bits per heavy atom. The molecule has 0 aromatic heterocycles. The molecule has 1 atom stereocenters. The van der Waals surface area contributed by atoms with Gasteiger partial charge in [0, 0.05) is 11.1 Å². The summed E-state index contributed by atoms with van der Waals surface area (Å²) in [7, 11) is -4.37. The van der Waals surface area contributed by atoms with E-state index in [1.54, 1.807) is 0 Å². The molecule has 0 aliphatic rings. The first kappa shape index (κ1) is 27.0. The van der Waals surface area contributed by atoms with E-state index in [9.17, 15) is 22.8 Å². The van der Waals surface area contributed by atoms with Gasteiger partial charge in [-0.2, -0.15) is 8.42 Å². The molecule has 144 valence electrons. The third kappa shape index (κ3) is 10.7. The maximum atomic E-state index is 12.0. The minimum atomic E-state index is -4.37. The summed E-state index contributed by atoms with van der Waals surface area (Å²) in [4.78, 5) is 34.8. The van der Waals surface area contributed by atoms with Gasteiger partial charge in [-0.1, -0.05) is 13.2 Å². The van der Waals surface area contributed by atoms with Crippen LogP contribution in [0.1, 0.15) is 20.8 Å². The minimum absolute atomic E-state index is 0. The summed E-state index contributed by atoms with van der Waals surface area (Å²) in [6.07, 6.45) is 0.